The van der Waals surface area contributed by atoms with Crippen LogP contribution in [0, 0.1) is 0 Å². The van der Waals surface area contributed by atoms with Crippen LogP contribution in [-0.2, 0) is 16.0 Å². The zero-order valence-corrected chi connectivity index (χ0v) is 21.2. The molecule has 188 valence electrons. The molecule has 9 nitrogen and oxygen atoms in total. The fraction of sp³-hybridized carbons (Fsp3) is 0.280. The molecular weight excluding hydrogens is 504 g/mol. The summed E-state index contributed by atoms with van der Waals surface area (Å²) in [7, 11) is 0.321. The number of aromatic nitrogens is 3. The molecule has 1 saturated heterocycles. The Morgan fingerprint density at radius 1 is 1.22 bits per heavy atom. The Bertz CT molecular complexity index is 1460. The molecule has 2 aromatic heterocycles. The average molecular weight is 529 g/mol. The van der Waals surface area contributed by atoms with Crippen LogP contribution in [0.5, 0.6) is 5.75 Å². The first-order chi connectivity index (χ1) is 17.5. The van der Waals surface area contributed by atoms with Crippen molar-refractivity contribution < 1.29 is 14.3 Å². The number of ether oxygens (including phenoxy) is 2. The van der Waals surface area contributed by atoms with Crippen molar-refractivity contribution in [2.75, 3.05) is 33.4 Å². The fourth-order valence-corrected chi connectivity index (χ4v) is 6.82. The summed E-state index contributed by atoms with van der Waals surface area (Å²) in [6.07, 6.45) is 5.62. The summed E-state index contributed by atoms with van der Waals surface area (Å²) in [5.41, 5.74) is 0.606. The molecule has 36 heavy (non-hydrogen) atoms. The van der Waals surface area contributed by atoms with E-state index >= 15 is 0 Å². The first-order valence-electron chi connectivity index (χ1n) is 11.5. The van der Waals surface area contributed by atoms with E-state index < -0.39 is 22.1 Å². The van der Waals surface area contributed by atoms with Crippen molar-refractivity contribution in [3.05, 3.63) is 79.2 Å². The number of hydrogen-bond donors (Lipinski definition) is 2. The number of carbonyl (C=O) groups excluding carboxylic acids is 1. The molecule has 3 aromatic rings. The molecule has 4 heterocycles. The van der Waals surface area contributed by atoms with Gasteiger partial charge >= 0.3 is 5.69 Å². The molecule has 0 radical (unpaired) electrons. The summed E-state index contributed by atoms with van der Waals surface area (Å²) in [6.45, 7) is 2.27. The number of nitrogens with one attached hydrogen (secondary N) is 1. The largest absolute Gasteiger partial charge is 0.497 e. The third-order valence-corrected chi connectivity index (χ3v) is 8.89. The predicted molar refractivity (Wildman–Crippen MR) is 139 cm³/mol. The number of nitrogens with zero attached hydrogens (tertiary/aromatic N) is 3. The number of fused-ring (bicyclic) bond motifs is 1. The highest BCUT2D eigenvalue weighted by Crippen LogP contribution is 2.52. The van der Waals surface area contributed by atoms with Gasteiger partial charge in [0.05, 0.1) is 47.8 Å². The van der Waals surface area contributed by atoms with E-state index in [4.69, 9.17) is 21.1 Å². The summed E-state index contributed by atoms with van der Waals surface area (Å²) in [5.74, 6) is 0.676. The summed E-state index contributed by atoms with van der Waals surface area (Å²) < 4.78 is 11.7. The van der Waals surface area contributed by atoms with Gasteiger partial charge in [0.15, 0.2) is 0 Å². The Labute approximate surface area is 214 Å². The quantitative estimate of drug-likeness (QED) is 0.477. The van der Waals surface area contributed by atoms with Gasteiger partial charge in [0, 0.05) is 30.6 Å². The maximum absolute atomic E-state index is 13.7. The summed E-state index contributed by atoms with van der Waals surface area (Å²) in [6, 6.07) is 7.04. The molecule has 11 heteroatoms. The maximum Gasteiger partial charge on any atom is 0.333 e. The van der Waals surface area contributed by atoms with Crippen molar-refractivity contribution >= 4 is 34.5 Å². The molecule has 1 N–H and O–H groups in total. The number of halogens is 1. The minimum absolute atomic E-state index is 0.0446. The van der Waals surface area contributed by atoms with Crippen molar-refractivity contribution in [2.24, 2.45) is 0 Å². The standard InChI is InChI=1S/C25H25ClN4O5S/c1-34-18-3-4-19(26)21(13-18)36-11-6-20-23(36)24(32)30(25(33)28-20)17-12-16(14-27-15-17)2-5-22(31)29-7-9-35-10-8-29/h3-4,6,11-15,36H,2,5,7-10H2,1H3,(H,28,33). The number of aryl methyl sites for hydroxylation is 1. The Kier molecular flexibility index (Phi) is 6.99. The molecule has 2 aliphatic heterocycles. The molecule has 1 unspecified atom stereocenters. The second-order valence-corrected chi connectivity index (χ2v) is 10.8. The van der Waals surface area contributed by atoms with Crippen molar-refractivity contribution in [1.29, 1.82) is 0 Å². The number of benzene rings is 1. The van der Waals surface area contributed by atoms with E-state index in [1.807, 2.05) is 11.5 Å². The van der Waals surface area contributed by atoms with Crippen LogP contribution in [0.25, 0.3) is 11.8 Å². The number of morpholine rings is 1. The summed E-state index contributed by atoms with van der Waals surface area (Å²) in [5, 5.41) is 2.42. The van der Waals surface area contributed by atoms with Gasteiger partial charge in [0.2, 0.25) is 5.91 Å². The van der Waals surface area contributed by atoms with E-state index in [1.165, 1.54) is 6.20 Å². The highest BCUT2D eigenvalue weighted by Gasteiger charge is 2.26. The lowest BCUT2D eigenvalue weighted by molar-refractivity contribution is -0.135. The molecular formula is C25H25ClN4O5S. The lowest BCUT2D eigenvalue weighted by Gasteiger charge is -2.26. The molecule has 1 atom stereocenters. The van der Waals surface area contributed by atoms with Gasteiger partial charge in [-0.2, -0.15) is 10.9 Å². The number of methoxy groups -OCH3 is 1. The van der Waals surface area contributed by atoms with Gasteiger partial charge in [-0.15, -0.1) is 0 Å². The molecule has 0 spiro atoms. The first kappa shape index (κ1) is 24.4. The summed E-state index contributed by atoms with van der Waals surface area (Å²) >= 11 is 6.48. The van der Waals surface area contributed by atoms with E-state index in [2.05, 4.69) is 9.97 Å². The number of aromatic amines is 1. The number of H-pyrrole nitrogens is 1. The van der Waals surface area contributed by atoms with Gasteiger partial charge in [0.25, 0.3) is 5.56 Å². The molecule has 0 aliphatic carbocycles. The smallest absolute Gasteiger partial charge is 0.333 e. The third kappa shape index (κ3) is 4.71. The zero-order valence-electron chi connectivity index (χ0n) is 19.6. The van der Waals surface area contributed by atoms with E-state index in [-0.39, 0.29) is 5.91 Å². The molecule has 5 rings (SSSR count). The molecule has 1 aromatic carbocycles. The molecule has 0 bridgehead atoms. The molecule has 1 amide bonds. The number of pyridine rings is 1. The van der Waals surface area contributed by atoms with Crippen LogP contribution in [0.2, 0.25) is 5.02 Å². The van der Waals surface area contributed by atoms with Crippen molar-refractivity contribution in [3.8, 4) is 11.4 Å². The monoisotopic (exact) mass is 528 g/mol. The lowest BCUT2D eigenvalue weighted by atomic mass is 10.1. The first-order valence-corrected chi connectivity index (χ1v) is 13.3. The number of carbonyl (C=O) groups is 1. The maximum atomic E-state index is 13.7. The van der Waals surface area contributed by atoms with Gasteiger partial charge in [-0.25, -0.2) is 9.36 Å². The minimum atomic E-state index is -1.25. The van der Waals surface area contributed by atoms with Gasteiger partial charge in [-0.05, 0) is 47.7 Å². The summed E-state index contributed by atoms with van der Waals surface area (Å²) in [4.78, 5) is 49.2. The second-order valence-electron chi connectivity index (χ2n) is 8.38. The second kappa shape index (κ2) is 10.3. The lowest BCUT2D eigenvalue weighted by Crippen LogP contribution is -2.40. The average Bonchev–Trinajstić information content (AvgIpc) is 3.32. The normalized spacial score (nSPS) is 17.7. The highest BCUT2D eigenvalue weighted by atomic mass is 35.5. The van der Waals surface area contributed by atoms with Crippen molar-refractivity contribution in [2.45, 2.75) is 22.6 Å². The van der Waals surface area contributed by atoms with E-state index in [1.54, 1.807) is 42.5 Å². The van der Waals surface area contributed by atoms with E-state index in [0.717, 1.165) is 15.0 Å². The van der Waals surface area contributed by atoms with Crippen LogP contribution in [-0.4, -0.2) is 58.8 Å². The number of rotatable bonds is 6. The van der Waals surface area contributed by atoms with E-state index in [0.29, 0.717) is 66.2 Å². The molecule has 0 saturated carbocycles. The fourth-order valence-electron chi connectivity index (χ4n) is 4.31. The highest BCUT2D eigenvalue weighted by molar-refractivity contribution is 8.20. The van der Waals surface area contributed by atoms with E-state index in [9.17, 15) is 14.4 Å². The van der Waals surface area contributed by atoms with Crippen LogP contribution < -0.4 is 16.0 Å². The minimum Gasteiger partial charge on any atom is -0.497 e. The Morgan fingerprint density at radius 3 is 2.81 bits per heavy atom. The van der Waals surface area contributed by atoms with Gasteiger partial charge in [0.1, 0.15) is 5.75 Å². The van der Waals surface area contributed by atoms with Crippen LogP contribution in [0.4, 0.5) is 0 Å². The number of hydrogen-bond acceptors (Lipinski definition) is 6. The Balaban J connectivity index is 1.46. The van der Waals surface area contributed by atoms with Crippen molar-refractivity contribution in [3.63, 3.8) is 0 Å². The molecule has 1 fully saturated rings. The van der Waals surface area contributed by atoms with Crippen LogP contribution in [0.1, 0.15) is 17.7 Å². The van der Waals surface area contributed by atoms with Crippen LogP contribution in [0.3, 0.4) is 0 Å². The number of amides is 1. The van der Waals surface area contributed by atoms with Crippen LogP contribution in [0.15, 0.2) is 61.4 Å². The SMILES string of the molecule is COc1ccc(Cl)c([SH]2C=Cc3[nH]c(=O)n(-c4cncc(CCC(=O)N5CCOCC5)c4)c(=O)c32)c1. The molecule has 2 aliphatic rings. The van der Waals surface area contributed by atoms with Crippen molar-refractivity contribution in [1.82, 2.24) is 19.4 Å². The van der Waals surface area contributed by atoms with Crippen LogP contribution >= 0.6 is 22.5 Å². The third-order valence-electron chi connectivity index (χ3n) is 6.18. The zero-order chi connectivity index (χ0) is 25.2. The predicted octanol–water partition coefficient (Wildman–Crippen LogP) is 2.78. The van der Waals surface area contributed by atoms with Gasteiger partial charge < -0.3 is 19.4 Å². The Hall–Kier alpha value is -3.34. The van der Waals surface area contributed by atoms with Gasteiger partial charge in [-0.3, -0.25) is 14.6 Å². The number of thiol groups is 1. The Morgan fingerprint density at radius 2 is 2.03 bits per heavy atom. The van der Waals surface area contributed by atoms with Gasteiger partial charge in [-0.1, -0.05) is 11.6 Å². The topological polar surface area (TPSA) is 107 Å².